The maximum atomic E-state index is 13.4. The van der Waals surface area contributed by atoms with E-state index < -0.39 is 26.8 Å². The standard InChI is InChI=1S/C25H24N2O6S/c1-32-20-9-8-16(24(10-11-24)23(29)33-2)15-18(20)25(12-13-25)22(28)27-34(30,31)21-7-3-6-19-17(21)5-4-14-26-19/h3-9,14-15H,10-13H2,1-2H3,(H,27,28). The molecule has 0 atom stereocenters. The quantitative estimate of drug-likeness (QED) is 0.518. The van der Waals surface area contributed by atoms with Gasteiger partial charge in [-0.25, -0.2) is 13.1 Å². The van der Waals surface area contributed by atoms with Crippen molar-refractivity contribution in [3.05, 3.63) is 65.9 Å². The van der Waals surface area contributed by atoms with Gasteiger partial charge < -0.3 is 9.47 Å². The highest BCUT2D eigenvalue weighted by Gasteiger charge is 2.56. The number of fused-ring (bicyclic) bond motifs is 1. The summed E-state index contributed by atoms with van der Waals surface area (Å²) in [5, 5.41) is 0.434. The van der Waals surface area contributed by atoms with E-state index in [9.17, 15) is 18.0 Å². The van der Waals surface area contributed by atoms with Gasteiger partial charge in [-0.2, -0.15) is 0 Å². The molecule has 5 rings (SSSR count). The number of ether oxygens (including phenoxy) is 2. The fraction of sp³-hybridized carbons (Fsp3) is 0.320. The molecular formula is C25H24N2O6S. The number of hydrogen-bond acceptors (Lipinski definition) is 7. The van der Waals surface area contributed by atoms with Crippen molar-refractivity contribution in [3.63, 3.8) is 0 Å². The zero-order valence-corrected chi connectivity index (χ0v) is 19.6. The van der Waals surface area contributed by atoms with Gasteiger partial charge in [0.2, 0.25) is 5.91 Å². The van der Waals surface area contributed by atoms with Gasteiger partial charge >= 0.3 is 5.97 Å². The normalized spacial score (nSPS) is 17.6. The molecular weight excluding hydrogens is 456 g/mol. The van der Waals surface area contributed by atoms with Crippen molar-refractivity contribution < 1.29 is 27.5 Å². The zero-order chi connectivity index (χ0) is 24.1. The minimum Gasteiger partial charge on any atom is -0.496 e. The molecule has 2 saturated carbocycles. The first-order valence-electron chi connectivity index (χ1n) is 11.0. The van der Waals surface area contributed by atoms with Crippen molar-refractivity contribution in [3.8, 4) is 5.75 Å². The third kappa shape index (κ3) is 3.42. The lowest BCUT2D eigenvalue weighted by molar-refractivity contribution is -0.143. The number of nitrogens with one attached hydrogen (secondary N) is 1. The number of carbonyl (C=O) groups is 2. The van der Waals surface area contributed by atoms with E-state index in [0.29, 0.717) is 47.9 Å². The molecule has 1 aromatic heterocycles. The van der Waals surface area contributed by atoms with Crippen molar-refractivity contribution in [2.24, 2.45) is 0 Å². The molecule has 2 fully saturated rings. The average Bonchev–Trinajstić information content (AvgIpc) is 3.77. The van der Waals surface area contributed by atoms with E-state index in [1.165, 1.54) is 20.3 Å². The zero-order valence-electron chi connectivity index (χ0n) is 18.8. The van der Waals surface area contributed by atoms with E-state index >= 15 is 0 Å². The van der Waals surface area contributed by atoms with E-state index in [4.69, 9.17) is 9.47 Å². The maximum Gasteiger partial charge on any atom is 0.316 e. The Bertz CT molecular complexity index is 1420. The van der Waals surface area contributed by atoms with Crippen molar-refractivity contribution in [2.45, 2.75) is 41.4 Å². The topological polar surface area (TPSA) is 112 Å². The van der Waals surface area contributed by atoms with Crippen LogP contribution in [0.4, 0.5) is 0 Å². The number of amides is 1. The van der Waals surface area contributed by atoms with Crippen LogP contribution < -0.4 is 9.46 Å². The predicted molar refractivity (Wildman–Crippen MR) is 124 cm³/mol. The highest BCUT2D eigenvalue weighted by atomic mass is 32.2. The summed E-state index contributed by atoms with van der Waals surface area (Å²) >= 11 is 0. The summed E-state index contributed by atoms with van der Waals surface area (Å²) in [5.41, 5.74) is 0.0754. The van der Waals surface area contributed by atoms with E-state index in [1.807, 2.05) is 0 Å². The van der Waals surface area contributed by atoms with Crippen molar-refractivity contribution in [2.75, 3.05) is 14.2 Å². The average molecular weight is 481 g/mol. The number of benzene rings is 2. The maximum absolute atomic E-state index is 13.4. The first-order chi connectivity index (χ1) is 16.3. The van der Waals surface area contributed by atoms with Gasteiger partial charge in [-0.1, -0.05) is 12.1 Å². The van der Waals surface area contributed by atoms with Crippen LogP contribution in [0.2, 0.25) is 0 Å². The smallest absolute Gasteiger partial charge is 0.316 e. The Balaban J connectivity index is 1.51. The first-order valence-corrected chi connectivity index (χ1v) is 12.4. The highest BCUT2D eigenvalue weighted by molar-refractivity contribution is 7.90. The second-order valence-corrected chi connectivity index (χ2v) is 10.5. The third-order valence-corrected chi connectivity index (χ3v) is 8.29. The van der Waals surface area contributed by atoms with Gasteiger partial charge in [0.25, 0.3) is 10.0 Å². The Morgan fingerprint density at radius 2 is 1.71 bits per heavy atom. The monoisotopic (exact) mass is 480 g/mol. The molecule has 34 heavy (non-hydrogen) atoms. The molecule has 1 heterocycles. The van der Waals surface area contributed by atoms with Crippen LogP contribution in [0.1, 0.15) is 36.8 Å². The van der Waals surface area contributed by atoms with Crippen LogP contribution in [0.5, 0.6) is 5.75 Å². The minimum absolute atomic E-state index is 0.00871. The van der Waals surface area contributed by atoms with Crippen LogP contribution in [0.15, 0.2) is 59.6 Å². The van der Waals surface area contributed by atoms with E-state index in [-0.39, 0.29) is 10.9 Å². The van der Waals surface area contributed by atoms with Gasteiger partial charge in [0, 0.05) is 17.1 Å². The Labute approximate surface area is 197 Å². The summed E-state index contributed by atoms with van der Waals surface area (Å²) in [5.74, 6) is -0.458. The molecule has 3 aromatic rings. The summed E-state index contributed by atoms with van der Waals surface area (Å²) < 4.78 is 39.2. The molecule has 9 heteroatoms. The first kappa shape index (κ1) is 22.3. The Kier molecular flexibility index (Phi) is 5.12. The van der Waals surface area contributed by atoms with Crippen LogP contribution in [-0.4, -0.2) is 39.5 Å². The minimum atomic E-state index is -4.15. The largest absolute Gasteiger partial charge is 0.496 e. The fourth-order valence-corrected chi connectivity index (χ4v) is 5.91. The molecule has 1 N–H and O–H groups in total. The molecule has 8 nitrogen and oxygen atoms in total. The molecule has 0 bridgehead atoms. The molecule has 0 unspecified atom stereocenters. The third-order valence-electron chi connectivity index (χ3n) is 6.90. The Morgan fingerprint density at radius 1 is 0.971 bits per heavy atom. The molecule has 0 saturated heterocycles. The summed E-state index contributed by atoms with van der Waals surface area (Å²) in [6.45, 7) is 0. The SMILES string of the molecule is COC(=O)C1(c2ccc(OC)c(C3(C(=O)NS(=O)(=O)c4cccc5ncccc45)CC3)c2)CC1. The number of nitrogens with zero attached hydrogens (tertiary/aromatic N) is 1. The van der Waals surface area contributed by atoms with Crippen LogP contribution in [0, 0.1) is 0 Å². The summed E-state index contributed by atoms with van der Waals surface area (Å²) in [7, 11) is -1.30. The van der Waals surface area contributed by atoms with Crippen LogP contribution >= 0.6 is 0 Å². The van der Waals surface area contributed by atoms with Gasteiger partial charge in [0.15, 0.2) is 0 Å². The van der Waals surface area contributed by atoms with E-state index in [0.717, 1.165) is 5.56 Å². The van der Waals surface area contributed by atoms with Crippen LogP contribution in [-0.2, 0) is 35.2 Å². The molecule has 0 spiro atoms. The number of carbonyl (C=O) groups excluding carboxylic acids is 2. The number of aromatic nitrogens is 1. The van der Waals surface area contributed by atoms with Crippen molar-refractivity contribution >= 4 is 32.8 Å². The molecule has 176 valence electrons. The van der Waals surface area contributed by atoms with Gasteiger partial charge in [-0.15, -0.1) is 0 Å². The lowest BCUT2D eigenvalue weighted by atomic mass is 9.87. The van der Waals surface area contributed by atoms with Crippen LogP contribution in [0.25, 0.3) is 10.9 Å². The highest BCUT2D eigenvalue weighted by Crippen LogP contribution is 2.55. The molecule has 2 aliphatic rings. The number of pyridine rings is 1. The van der Waals surface area contributed by atoms with Crippen LogP contribution in [0.3, 0.4) is 0 Å². The molecule has 1 amide bonds. The second kappa shape index (κ2) is 7.80. The summed E-state index contributed by atoms with van der Waals surface area (Å²) in [4.78, 5) is 30.0. The van der Waals surface area contributed by atoms with Gasteiger partial charge in [-0.05, 0) is 67.6 Å². The number of esters is 1. The Morgan fingerprint density at radius 3 is 2.35 bits per heavy atom. The molecule has 0 aliphatic heterocycles. The second-order valence-electron chi connectivity index (χ2n) is 8.83. The van der Waals surface area contributed by atoms with E-state index in [2.05, 4.69) is 9.71 Å². The van der Waals surface area contributed by atoms with Gasteiger partial charge in [-0.3, -0.25) is 14.6 Å². The van der Waals surface area contributed by atoms with Crippen molar-refractivity contribution in [1.29, 1.82) is 0 Å². The summed E-state index contributed by atoms with van der Waals surface area (Å²) in [6.07, 6.45) is 3.84. The number of methoxy groups -OCH3 is 2. The number of sulfonamides is 1. The van der Waals surface area contributed by atoms with Gasteiger partial charge in [0.05, 0.1) is 35.5 Å². The van der Waals surface area contributed by atoms with Crippen molar-refractivity contribution in [1.82, 2.24) is 9.71 Å². The van der Waals surface area contributed by atoms with E-state index in [1.54, 1.807) is 48.7 Å². The number of rotatable bonds is 7. The lowest BCUT2D eigenvalue weighted by Gasteiger charge is -2.22. The predicted octanol–water partition coefficient (Wildman–Crippen LogP) is 2.98. The summed E-state index contributed by atoms with van der Waals surface area (Å²) in [6, 6.07) is 13.4. The lowest BCUT2D eigenvalue weighted by Crippen LogP contribution is -2.39. The molecule has 0 radical (unpaired) electrons. The van der Waals surface area contributed by atoms with Gasteiger partial charge in [0.1, 0.15) is 5.75 Å². The Hall–Kier alpha value is -3.46. The molecule has 2 aromatic carbocycles. The fourth-order valence-electron chi connectivity index (χ4n) is 4.64. The molecule has 2 aliphatic carbocycles. The number of hydrogen-bond donors (Lipinski definition) is 1.